The molecule has 17 heavy (non-hydrogen) atoms. The fraction of sp³-hybridized carbons (Fsp3) is 0.462. The van der Waals surface area contributed by atoms with Crippen molar-refractivity contribution in [2.24, 2.45) is 0 Å². The van der Waals surface area contributed by atoms with Crippen molar-refractivity contribution in [3.63, 3.8) is 0 Å². The molecule has 0 bridgehead atoms. The number of likely N-dealkylation sites (N-methyl/N-ethyl adjacent to an activating group) is 1. The third-order valence-electron chi connectivity index (χ3n) is 2.57. The number of aromatic nitrogens is 1. The van der Waals surface area contributed by atoms with Gasteiger partial charge in [0.1, 0.15) is 5.69 Å². The molecule has 0 unspecified atom stereocenters. The standard InChI is InChI=1S/C13H19BrN2O/c1-4-7-15(6-3)13(17)12-9-11(14)10-16(12)8-5-2/h4,9-10H,1,5-8H2,2-3H3. The van der Waals surface area contributed by atoms with Gasteiger partial charge in [0, 0.05) is 30.3 Å². The first-order valence-corrected chi connectivity index (χ1v) is 6.69. The lowest BCUT2D eigenvalue weighted by atomic mass is 10.3. The van der Waals surface area contributed by atoms with Gasteiger partial charge in [-0.3, -0.25) is 4.79 Å². The molecule has 0 N–H and O–H groups in total. The Morgan fingerprint density at radius 2 is 2.29 bits per heavy atom. The molecular formula is C13H19BrN2O. The summed E-state index contributed by atoms with van der Waals surface area (Å²) in [6.45, 7) is 9.90. The molecule has 1 amide bonds. The van der Waals surface area contributed by atoms with Crippen molar-refractivity contribution in [3.8, 4) is 0 Å². The first-order chi connectivity index (χ1) is 8.13. The zero-order valence-corrected chi connectivity index (χ0v) is 12.0. The maximum Gasteiger partial charge on any atom is 0.270 e. The molecule has 1 aromatic rings. The Labute approximate surface area is 111 Å². The number of halogens is 1. The molecule has 0 saturated heterocycles. The molecule has 0 aromatic carbocycles. The van der Waals surface area contributed by atoms with E-state index in [-0.39, 0.29) is 5.91 Å². The van der Waals surface area contributed by atoms with Crippen molar-refractivity contribution in [2.45, 2.75) is 26.8 Å². The summed E-state index contributed by atoms with van der Waals surface area (Å²) in [6.07, 6.45) is 4.72. The van der Waals surface area contributed by atoms with E-state index in [1.807, 2.05) is 23.8 Å². The number of carbonyl (C=O) groups excluding carboxylic acids is 1. The second kappa shape index (κ2) is 6.64. The molecule has 3 nitrogen and oxygen atoms in total. The maximum absolute atomic E-state index is 12.3. The first-order valence-electron chi connectivity index (χ1n) is 5.89. The van der Waals surface area contributed by atoms with Crippen LogP contribution in [0.5, 0.6) is 0 Å². The highest BCUT2D eigenvalue weighted by molar-refractivity contribution is 9.10. The summed E-state index contributed by atoms with van der Waals surface area (Å²) < 4.78 is 2.95. The van der Waals surface area contributed by atoms with Crippen LogP contribution in [0.3, 0.4) is 0 Å². The van der Waals surface area contributed by atoms with E-state index >= 15 is 0 Å². The third-order valence-corrected chi connectivity index (χ3v) is 3.00. The summed E-state index contributed by atoms with van der Waals surface area (Å²) in [6, 6.07) is 1.88. The van der Waals surface area contributed by atoms with Crippen LogP contribution < -0.4 is 0 Å². The molecule has 0 aliphatic heterocycles. The number of hydrogen-bond donors (Lipinski definition) is 0. The highest BCUT2D eigenvalue weighted by atomic mass is 79.9. The summed E-state index contributed by atoms with van der Waals surface area (Å²) in [4.78, 5) is 14.1. The molecule has 0 atom stereocenters. The average Bonchev–Trinajstić information content (AvgIpc) is 2.67. The molecule has 0 radical (unpaired) electrons. The van der Waals surface area contributed by atoms with Gasteiger partial charge in [0.15, 0.2) is 0 Å². The zero-order chi connectivity index (χ0) is 12.8. The van der Waals surface area contributed by atoms with E-state index in [4.69, 9.17) is 0 Å². The number of rotatable bonds is 6. The molecule has 94 valence electrons. The normalized spacial score (nSPS) is 10.3. The molecule has 4 heteroatoms. The number of hydrogen-bond acceptors (Lipinski definition) is 1. The van der Waals surface area contributed by atoms with Crippen molar-refractivity contribution in [2.75, 3.05) is 13.1 Å². The fourth-order valence-corrected chi connectivity index (χ4v) is 2.22. The van der Waals surface area contributed by atoms with Gasteiger partial charge < -0.3 is 9.47 Å². The number of amides is 1. The van der Waals surface area contributed by atoms with Crippen molar-refractivity contribution >= 4 is 21.8 Å². The minimum Gasteiger partial charge on any atom is -0.342 e. The molecular weight excluding hydrogens is 280 g/mol. The van der Waals surface area contributed by atoms with Crippen LogP contribution in [0.25, 0.3) is 0 Å². The van der Waals surface area contributed by atoms with E-state index in [1.54, 1.807) is 11.0 Å². The maximum atomic E-state index is 12.3. The lowest BCUT2D eigenvalue weighted by Gasteiger charge is -2.19. The SMILES string of the molecule is C=CCN(CC)C(=O)c1cc(Br)cn1CCC. The molecule has 0 fully saturated rings. The third kappa shape index (κ3) is 3.46. The van der Waals surface area contributed by atoms with Crippen LogP contribution in [0.4, 0.5) is 0 Å². The lowest BCUT2D eigenvalue weighted by Crippen LogP contribution is -2.32. The smallest absolute Gasteiger partial charge is 0.270 e. The van der Waals surface area contributed by atoms with E-state index in [0.29, 0.717) is 13.1 Å². The molecule has 0 aliphatic rings. The Balaban J connectivity index is 2.96. The molecule has 1 rings (SSSR count). The van der Waals surface area contributed by atoms with Gasteiger partial charge >= 0.3 is 0 Å². The molecule has 1 heterocycles. The molecule has 1 aromatic heterocycles. The van der Waals surface area contributed by atoms with Crippen LogP contribution in [0.15, 0.2) is 29.4 Å². The average molecular weight is 299 g/mol. The Kier molecular flexibility index (Phi) is 5.48. The van der Waals surface area contributed by atoms with Gasteiger partial charge in [-0.25, -0.2) is 0 Å². The summed E-state index contributed by atoms with van der Waals surface area (Å²) in [5.41, 5.74) is 0.738. The van der Waals surface area contributed by atoms with Gasteiger partial charge in [0.05, 0.1) is 0 Å². The Morgan fingerprint density at radius 3 is 2.82 bits per heavy atom. The monoisotopic (exact) mass is 298 g/mol. The molecule has 0 spiro atoms. The Bertz CT molecular complexity index is 398. The number of aryl methyl sites for hydroxylation is 1. The topological polar surface area (TPSA) is 25.2 Å². The van der Waals surface area contributed by atoms with E-state index in [2.05, 4.69) is 29.4 Å². The van der Waals surface area contributed by atoms with Crippen LogP contribution in [0.2, 0.25) is 0 Å². The van der Waals surface area contributed by atoms with Crippen molar-refractivity contribution in [3.05, 3.63) is 35.1 Å². The van der Waals surface area contributed by atoms with Gasteiger partial charge in [0.25, 0.3) is 5.91 Å². The second-order valence-corrected chi connectivity index (χ2v) is 4.79. The van der Waals surface area contributed by atoms with Crippen LogP contribution in [0.1, 0.15) is 30.8 Å². The highest BCUT2D eigenvalue weighted by Crippen LogP contribution is 2.17. The van der Waals surface area contributed by atoms with E-state index in [0.717, 1.165) is 23.1 Å². The first kappa shape index (κ1) is 14.0. The van der Waals surface area contributed by atoms with Crippen LogP contribution in [-0.2, 0) is 6.54 Å². The Hall–Kier alpha value is -1.03. The van der Waals surface area contributed by atoms with Crippen molar-refractivity contribution < 1.29 is 4.79 Å². The number of carbonyl (C=O) groups is 1. The van der Waals surface area contributed by atoms with Crippen LogP contribution in [0, 0.1) is 0 Å². The highest BCUT2D eigenvalue weighted by Gasteiger charge is 2.17. The van der Waals surface area contributed by atoms with Crippen LogP contribution in [-0.4, -0.2) is 28.5 Å². The number of nitrogens with zero attached hydrogens (tertiary/aromatic N) is 2. The molecule has 0 saturated carbocycles. The second-order valence-electron chi connectivity index (χ2n) is 3.87. The molecule has 0 aliphatic carbocycles. The van der Waals surface area contributed by atoms with E-state index < -0.39 is 0 Å². The predicted molar refractivity (Wildman–Crippen MR) is 74.2 cm³/mol. The largest absolute Gasteiger partial charge is 0.342 e. The van der Waals surface area contributed by atoms with Gasteiger partial charge in [-0.1, -0.05) is 13.0 Å². The summed E-state index contributed by atoms with van der Waals surface area (Å²) >= 11 is 3.42. The van der Waals surface area contributed by atoms with E-state index in [9.17, 15) is 4.79 Å². The van der Waals surface area contributed by atoms with Gasteiger partial charge in [-0.15, -0.1) is 6.58 Å². The summed E-state index contributed by atoms with van der Waals surface area (Å²) in [5.74, 6) is 0.0616. The Morgan fingerprint density at radius 1 is 1.59 bits per heavy atom. The predicted octanol–water partition coefficient (Wildman–Crippen LogP) is 3.31. The summed E-state index contributed by atoms with van der Waals surface area (Å²) in [7, 11) is 0. The minimum absolute atomic E-state index is 0.0616. The quantitative estimate of drug-likeness (QED) is 0.740. The van der Waals surface area contributed by atoms with Crippen molar-refractivity contribution in [1.82, 2.24) is 9.47 Å². The van der Waals surface area contributed by atoms with Gasteiger partial charge in [-0.2, -0.15) is 0 Å². The van der Waals surface area contributed by atoms with Gasteiger partial charge in [-0.05, 0) is 35.3 Å². The van der Waals surface area contributed by atoms with Gasteiger partial charge in [0.2, 0.25) is 0 Å². The fourth-order valence-electron chi connectivity index (χ4n) is 1.75. The van der Waals surface area contributed by atoms with E-state index in [1.165, 1.54) is 0 Å². The lowest BCUT2D eigenvalue weighted by molar-refractivity contribution is 0.0771. The van der Waals surface area contributed by atoms with Crippen molar-refractivity contribution in [1.29, 1.82) is 0 Å². The summed E-state index contributed by atoms with van der Waals surface area (Å²) in [5, 5.41) is 0. The zero-order valence-electron chi connectivity index (χ0n) is 10.4. The minimum atomic E-state index is 0.0616. The van der Waals surface area contributed by atoms with Crippen LogP contribution >= 0.6 is 15.9 Å².